The van der Waals surface area contributed by atoms with Gasteiger partial charge < -0.3 is 4.98 Å². The lowest BCUT2D eigenvalue weighted by Crippen LogP contribution is -1.83. The first-order valence-electron chi connectivity index (χ1n) is 8.07. The van der Waals surface area contributed by atoms with E-state index in [4.69, 9.17) is 0 Å². The van der Waals surface area contributed by atoms with Crippen molar-refractivity contribution in [2.75, 3.05) is 5.75 Å². The number of hydrogen-bond acceptors (Lipinski definition) is 3. The predicted molar refractivity (Wildman–Crippen MR) is 102 cm³/mol. The molecule has 3 aromatic rings. The van der Waals surface area contributed by atoms with E-state index in [1.807, 2.05) is 42.1 Å². The molecule has 3 rings (SSSR count). The van der Waals surface area contributed by atoms with E-state index in [1.54, 1.807) is 13.0 Å². The maximum absolute atomic E-state index is 11.1. The van der Waals surface area contributed by atoms with Crippen LogP contribution in [0.3, 0.4) is 0 Å². The average molecular weight is 336 g/mol. The van der Waals surface area contributed by atoms with Crippen molar-refractivity contribution in [2.45, 2.75) is 25.2 Å². The van der Waals surface area contributed by atoms with Crippen molar-refractivity contribution in [1.82, 2.24) is 9.97 Å². The molecule has 0 unspecified atom stereocenters. The second-order valence-corrected chi connectivity index (χ2v) is 6.85. The van der Waals surface area contributed by atoms with Crippen molar-refractivity contribution >= 4 is 34.7 Å². The Morgan fingerprint density at radius 1 is 1.25 bits per heavy atom. The molecule has 2 aromatic carbocycles. The molecule has 0 radical (unpaired) electrons. The molecule has 3 nitrogen and oxygen atoms in total. The highest BCUT2D eigenvalue weighted by Gasteiger charge is 2.06. The van der Waals surface area contributed by atoms with Gasteiger partial charge in [0.2, 0.25) is 0 Å². The first-order valence-corrected chi connectivity index (χ1v) is 9.06. The van der Waals surface area contributed by atoms with Gasteiger partial charge in [0.1, 0.15) is 5.82 Å². The van der Waals surface area contributed by atoms with E-state index in [0.29, 0.717) is 0 Å². The minimum absolute atomic E-state index is 0.0428. The maximum Gasteiger partial charge on any atom is 0.152 e. The van der Waals surface area contributed by atoms with E-state index in [-0.39, 0.29) is 5.78 Å². The summed E-state index contributed by atoms with van der Waals surface area (Å²) in [6, 6.07) is 14.4. The average Bonchev–Trinajstić information content (AvgIpc) is 3.01. The van der Waals surface area contributed by atoms with Crippen LogP contribution in [0.5, 0.6) is 0 Å². The Morgan fingerprint density at radius 3 is 2.92 bits per heavy atom. The number of allylic oxidation sites excluding steroid dienone is 1. The number of hydrogen-bond donors (Lipinski definition) is 1. The quantitative estimate of drug-likeness (QED) is 0.488. The fourth-order valence-corrected chi connectivity index (χ4v) is 3.24. The summed E-state index contributed by atoms with van der Waals surface area (Å²) < 4.78 is 0. The Balaban J connectivity index is 1.91. The summed E-state index contributed by atoms with van der Waals surface area (Å²) in [7, 11) is 0. The molecule has 122 valence electrons. The molecule has 0 aliphatic rings. The molecule has 1 heterocycles. The summed E-state index contributed by atoms with van der Waals surface area (Å²) in [4.78, 5) is 20.4. The number of nitrogens with one attached hydrogen (secondary N) is 1. The van der Waals surface area contributed by atoms with Crippen LogP contribution in [0.2, 0.25) is 0 Å². The summed E-state index contributed by atoms with van der Waals surface area (Å²) in [5, 5.41) is 0. The normalized spacial score (nSPS) is 11.4. The van der Waals surface area contributed by atoms with Crippen LogP contribution in [0, 0.1) is 0 Å². The van der Waals surface area contributed by atoms with Gasteiger partial charge in [-0.25, -0.2) is 4.98 Å². The van der Waals surface area contributed by atoms with Gasteiger partial charge in [-0.3, -0.25) is 4.79 Å². The van der Waals surface area contributed by atoms with Crippen LogP contribution >= 0.6 is 11.8 Å². The number of carbonyl (C=O) groups excluding carboxylic acids is 1. The monoisotopic (exact) mass is 336 g/mol. The Hall–Kier alpha value is -2.33. The lowest BCUT2D eigenvalue weighted by Gasteiger charge is -1.99. The molecule has 0 saturated heterocycles. The molecule has 24 heavy (non-hydrogen) atoms. The van der Waals surface area contributed by atoms with E-state index in [2.05, 4.69) is 35.1 Å². The van der Waals surface area contributed by atoms with Crippen LogP contribution in [-0.4, -0.2) is 21.5 Å². The van der Waals surface area contributed by atoms with E-state index in [9.17, 15) is 4.79 Å². The van der Waals surface area contributed by atoms with Gasteiger partial charge in [-0.05, 0) is 55.0 Å². The number of imidazole rings is 1. The van der Waals surface area contributed by atoms with E-state index < -0.39 is 0 Å². The van der Waals surface area contributed by atoms with Crippen molar-refractivity contribution in [3.05, 3.63) is 54.1 Å². The molecular weight excluding hydrogens is 316 g/mol. The minimum atomic E-state index is 0.0428. The third-order valence-corrected chi connectivity index (χ3v) is 4.80. The van der Waals surface area contributed by atoms with Gasteiger partial charge in [-0.15, -0.1) is 11.8 Å². The third-order valence-electron chi connectivity index (χ3n) is 3.60. The van der Waals surface area contributed by atoms with E-state index >= 15 is 0 Å². The number of thioether (sulfide) groups is 1. The van der Waals surface area contributed by atoms with Gasteiger partial charge in [-0.1, -0.05) is 31.2 Å². The largest absolute Gasteiger partial charge is 0.338 e. The molecule has 0 saturated carbocycles. The van der Waals surface area contributed by atoms with Crippen molar-refractivity contribution < 1.29 is 4.79 Å². The zero-order valence-electron chi connectivity index (χ0n) is 13.9. The van der Waals surface area contributed by atoms with Gasteiger partial charge in [-0.2, -0.15) is 0 Å². The lowest BCUT2D eigenvalue weighted by molar-refractivity contribution is -0.112. The van der Waals surface area contributed by atoms with Crippen LogP contribution < -0.4 is 0 Å². The van der Waals surface area contributed by atoms with Crippen LogP contribution in [0.1, 0.15) is 25.8 Å². The number of aromatic nitrogens is 2. The molecule has 0 atom stereocenters. The number of benzene rings is 2. The predicted octanol–water partition coefficient (Wildman–Crippen LogP) is 5.33. The molecule has 4 heteroatoms. The van der Waals surface area contributed by atoms with Crippen molar-refractivity contribution in [2.24, 2.45) is 0 Å². The van der Waals surface area contributed by atoms with Crippen molar-refractivity contribution in [3.8, 4) is 11.4 Å². The molecule has 0 aliphatic heterocycles. The fourth-order valence-electron chi connectivity index (χ4n) is 2.44. The number of aromatic amines is 1. The van der Waals surface area contributed by atoms with E-state index in [1.165, 1.54) is 4.90 Å². The smallest absolute Gasteiger partial charge is 0.152 e. The summed E-state index contributed by atoms with van der Waals surface area (Å²) in [5.74, 6) is 2.01. The highest BCUT2D eigenvalue weighted by atomic mass is 32.2. The van der Waals surface area contributed by atoms with Crippen molar-refractivity contribution in [1.29, 1.82) is 0 Å². The number of ketones is 1. The summed E-state index contributed by atoms with van der Waals surface area (Å²) in [5.41, 5.74) is 4.02. The van der Waals surface area contributed by atoms with Gasteiger partial charge in [0.15, 0.2) is 5.78 Å². The standard InChI is InChI=1S/C20H20N2OS/c1-3-11-24-17-9-10-18-19(13-17)22-20(21-18)16-6-4-5-15(12-16)8-7-14(2)23/h4-10,12-13H,3,11H2,1-2H3,(H,21,22)/b8-7+. The molecule has 0 fully saturated rings. The first kappa shape index (κ1) is 16.5. The molecular formula is C20H20N2OS. The summed E-state index contributed by atoms with van der Waals surface area (Å²) in [6.07, 6.45) is 4.57. The Labute approximate surface area is 146 Å². The second-order valence-electron chi connectivity index (χ2n) is 5.68. The number of nitrogens with zero attached hydrogens (tertiary/aromatic N) is 1. The highest BCUT2D eigenvalue weighted by Crippen LogP contribution is 2.26. The van der Waals surface area contributed by atoms with Crippen molar-refractivity contribution in [3.63, 3.8) is 0 Å². The zero-order chi connectivity index (χ0) is 16.9. The molecule has 1 N–H and O–H groups in total. The number of fused-ring (bicyclic) bond motifs is 1. The maximum atomic E-state index is 11.1. The molecule has 1 aromatic heterocycles. The zero-order valence-corrected chi connectivity index (χ0v) is 14.7. The highest BCUT2D eigenvalue weighted by molar-refractivity contribution is 7.99. The SMILES string of the molecule is CCCSc1ccc2nc(-c3cccc(/C=C/C(C)=O)c3)[nH]c2c1. The molecule has 0 amide bonds. The Bertz CT molecular complexity index is 896. The van der Waals surface area contributed by atoms with Crippen LogP contribution in [0.25, 0.3) is 28.5 Å². The first-order chi connectivity index (χ1) is 11.7. The van der Waals surface area contributed by atoms with Gasteiger partial charge in [0, 0.05) is 10.5 Å². The van der Waals surface area contributed by atoms with Crippen LogP contribution in [0.15, 0.2) is 53.4 Å². The molecule has 0 aliphatic carbocycles. The summed E-state index contributed by atoms with van der Waals surface area (Å²) in [6.45, 7) is 3.74. The fraction of sp³-hybridized carbons (Fsp3) is 0.200. The van der Waals surface area contributed by atoms with Gasteiger partial charge in [0.25, 0.3) is 0 Å². The van der Waals surface area contributed by atoms with Gasteiger partial charge in [0.05, 0.1) is 11.0 Å². The number of rotatable bonds is 6. The lowest BCUT2D eigenvalue weighted by atomic mass is 10.1. The van der Waals surface area contributed by atoms with E-state index in [0.717, 1.165) is 40.2 Å². The third kappa shape index (κ3) is 3.95. The molecule has 0 bridgehead atoms. The Kier molecular flexibility index (Phi) is 5.16. The number of carbonyl (C=O) groups is 1. The summed E-state index contributed by atoms with van der Waals surface area (Å²) >= 11 is 1.86. The second kappa shape index (κ2) is 7.49. The van der Waals surface area contributed by atoms with Crippen LogP contribution in [0.4, 0.5) is 0 Å². The van der Waals surface area contributed by atoms with Crippen LogP contribution in [-0.2, 0) is 4.79 Å². The number of H-pyrrole nitrogens is 1. The topological polar surface area (TPSA) is 45.8 Å². The van der Waals surface area contributed by atoms with Gasteiger partial charge >= 0.3 is 0 Å². The minimum Gasteiger partial charge on any atom is -0.338 e. The Morgan fingerprint density at radius 2 is 2.12 bits per heavy atom. The molecule has 0 spiro atoms.